The van der Waals surface area contributed by atoms with Gasteiger partial charge in [-0.1, -0.05) is 0 Å². The van der Waals surface area contributed by atoms with Crippen molar-refractivity contribution < 1.29 is 19.8 Å². The van der Waals surface area contributed by atoms with Gasteiger partial charge in [0.1, 0.15) is 11.5 Å². The number of aryl methyl sites for hydroxylation is 1. The zero-order valence-corrected chi connectivity index (χ0v) is 13.4. The van der Waals surface area contributed by atoms with E-state index in [0.717, 1.165) is 0 Å². The molecule has 1 aromatic carbocycles. The van der Waals surface area contributed by atoms with Crippen LogP contribution in [-0.2, 0) is 11.2 Å². The summed E-state index contributed by atoms with van der Waals surface area (Å²) in [5, 5.41) is 4.91. The summed E-state index contributed by atoms with van der Waals surface area (Å²) in [7, 11) is 2.80. The van der Waals surface area contributed by atoms with Gasteiger partial charge in [0, 0.05) is 18.9 Å². The number of ether oxygens (including phenoxy) is 2. The van der Waals surface area contributed by atoms with E-state index in [9.17, 15) is 4.79 Å². The standard InChI is InChI=1S/C14H21BrN2O3/c1-9(17-10(2)18)16-6-5-11-7-14(20-4)12(15)8-13(11)19-3/h7-9,16H,5-6H2,1-4H3,(H,17,18)/i5D2,6D2. The van der Waals surface area contributed by atoms with Crippen LogP contribution in [0.4, 0.5) is 0 Å². The Morgan fingerprint density at radius 3 is 2.60 bits per heavy atom. The minimum absolute atomic E-state index is 0.0161. The number of hydrogen-bond donors (Lipinski definition) is 2. The molecule has 0 radical (unpaired) electrons. The fourth-order valence-corrected chi connectivity index (χ4v) is 2.00. The van der Waals surface area contributed by atoms with Crippen molar-refractivity contribution in [3.05, 3.63) is 22.2 Å². The van der Waals surface area contributed by atoms with E-state index in [-0.39, 0.29) is 17.2 Å². The van der Waals surface area contributed by atoms with Crippen LogP contribution in [0, 0.1) is 0 Å². The number of methoxy groups -OCH3 is 2. The Morgan fingerprint density at radius 2 is 2.05 bits per heavy atom. The smallest absolute Gasteiger partial charge is 0.218 e. The maximum atomic E-state index is 11.1. The Labute approximate surface area is 133 Å². The number of rotatable bonds is 7. The summed E-state index contributed by atoms with van der Waals surface area (Å²) in [6.07, 6.45) is -3.24. The van der Waals surface area contributed by atoms with Gasteiger partial charge < -0.3 is 14.8 Å². The minimum atomic E-state index is -2.50. The van der Waals surface area contributed by atoms with Crippen molar-refractivity contribution in [3.63, 3.8) is 0 Å². The second-order valence-corrected chi connectivity index (χ2v) is 4.86. The first kappa shape index (κ1) is 11.4. The van der Waals surface area contributed by atoms with Gasteiger partial charge in [0.05, 0.1) is 24.9 Å². The number of halogens is 1. The lowest BCUT2D eigenvalue weighted by Crippen LogP contribution is -2.42. The van der Waals surface area contributed by atoms with Gasteiger partial charge >= 0.3 is 0 Å². The first-order chi connectivity index (χ1) is 11.0. The molecule has 0 saturated carbocycles. The lowest BCUT2D eigenvalue weighted by Gasteiger charge is -2.16. The predicted molar refractivity (Wildman–Crippen MR) is 82.2 cm³/mol. The average molecular weight is 349 g/mol. The van der Waals surface area contributed by atoms with Crippen molar-refractivity contribution in [1.29, 1.82) is 0 Å². The molecule has 0 aromatic heterocycles. The van der Waals surface area contributed by atoms with Crippen molar-refractivity contribution in [2.24, 2.45) is 0 Å². The van der Waals surface area contributed by atoms with Crippen molar-refractivity contribution in [2.45, 2.75) is 26.4 Å². The van der Waals surface area contributed by atoms with E-state index in [1.807, 2.05) is 0 Å². The second kappa shape index (κ2) is 8.11. The van der Waals surface area contributed by atoms with Crippen LogP contribution < -0.4 is 20.1 Å². The number of carbonyl (C=O) groups excluding carboxylic acids is 1. The van der Waals surface area contributed by atoms with Crippen LogP contribution in [0.25, 0.3) is 0 Å². The Kier molecular flexibility index (Phi) is 4.62. The third-order valence-corrected chi connectivity index (χ3v) is 3.00. The first-order valence-corrected chi connectivity index (χ1v) is 6.72. The maximum absolute atomic E-state index is 11.1. The van der Waals surface area contributed by atoms with E-state index in [1.54, 1.807) is 0 Å². The van der Waals surface area contributed by atoms with Crippen LogP contribution >= 0.6 is 15.9 Å². The Balaban J connectivity index is 3.28. The molecule has 1 unspecified atom stereocenters. The third-order valence-electron chi connectivity index (χ3n) is 2.38. The van der Waals surface area contributed by atoms with Crippen LogP contribution in [0.2, 0.25) is 0 Å². The highest BCUT2D eigenvalue weighted by Gasteiger charge is 2.10. The normalized spacial score (nSPS) is 16.2. The molecule has 0 aliphatic heterocycles. The van der Waals surface area contributed by atoms with Crippen molar-refractivity contribution in [3.8, 4) is 11.5 Å². The summed E-state index contributed by atoms with van der Waals surface area (Å²) >= 11 is 3.28. The molecule has 5 nitrogen and oxygen atoms in total. The lowest BCUT2D eigenvalue weighted by atomic mass is 10.1. The fraction of sp³-hybridized carbons (Fsp3) is 0.500. The molecule has 1 amide bonds. The summed E-state index contributed by atoms with van der Waals surface area (Å²) in [4.78, 5) is 11.1. The van der Waals surface area contributed by atoms with Gasteiger partial charge in [0.15, 0.2) is 0 Å². The molecule has 1 aromatic rings. The summed E-state index contributed by atoms with van der Waals surface area (Å²) in [5.74, 6) is 0.167. The van der Waals surface area contributed by atoms with Gasteiger partial charge in [-0.15, -0.1) is 0 Å². The van der Waals surface area contributed by atoms with Crippen molar-refractivity contribution >= 4 is 21.8 Å². The number of hydrogen-bond acceptors (Lipinski definition) is 4. The van der Waals surface area contributed by atoms with Crippen LogP contribution in [0.15, 0.2) is 16.6 Å². The molecule has 0 spiro atoms. The highest BCUT2D eigenvalue weighted by atomic mass is 79.9. The van der Waals surface area contributed by atoms with E-state index in [2.05, 4.69) is 26.6 Å². The number of nitrogens with one attached hydrogen (secondary N) is 2. The van der Waals surface area contributed by atoms with Gasteiger partial charge in [-0.25, -0.2) is 0 Å². The van der Waals surface area contributed by atoms with Gasteiger partial charge in [-0.05, 0) is 46.9 Å². The Bertz CT molecular complexity index is 614. The second-order valence-electron chi connectivity index (χ2n) is 4.00. The number of benzene rings is 1. The van der Waals surface area contributed by atoms with E-state index < -0.39 is 19.0 Å². The molecule has 1 atom stereocenters. The fourth-order valence-electron chi connectivity index (χ4n) is 1.51. The van der Waals surface area contributed by atoms with Crippen molar-refractivity contribution in [1.82, 2.24) is 10.6 Å². The van der Waals surface area contributed by atoms with E-state index in [1.165, 1.54) is 40.2 Å². The summed E-state index contributed by atoms with van der Waals surface area (Å²) in [5.41, 5.74) is -0.0161. The maximum Gasteiger partial charge on any atom is 0.218 e. The zero-order chi connectivity index (χ0) is 18.7. The summed E-state index contributed by atoms with van der Waals surface area (Å²) in [6.45, 7) is 0.320. The predicted octanol–water partition coefficient (Wildman–Crippen LogP) is 2.08. The van der Waals surface area contributed by atoms with E-state index in [0.29, 0.717) is 10.2 Å². The Morgan fingerprint density at radius 1 is 1.40 bits per heavy atom. The van der Waals surface area contributed by atoms with Crippen LogP contribution in [0.3, 0.4) is 0 Å². The zero-order valence-electron chi connectivity index (χ0n) is 15.8. The molecule has 0 saturated heterocycles. The molecular formula is C14H21BrN2O3. The molecular weight excluding hydrogens is 324 g/mol. The average Bonchev–Trinajstić information content (AvgIpc) is 2.44. The van der Waals surface area contributed by atoms with Gasteiger partial charge in [-0.2, -0.15) is 0 Å². The van der Waals surface area contributed by atoms with Gasteiger partial charge in [0.25, 0.3) is 0 Å². The number of amides is 1. The molecule has 20 heavy (non-hydrogen) atoms. The summed E-state index contributed by atoms with van der Waals surface area (Å²) < 4.78 is 43.7. The lowest BCUT2D eigenvalue weighted by molar-refractivity contribution is -0.119. The highest BCUT2D eigenvalue weighted by molar-refractivity contribution is 9.10. The first-order valence-electron chi connectivity index (χ1n) is 7.93. The van der Waals surface area contributed by atoms with Crippen LogP contribution in [0.1, 0.15) is 24.9 Å². The minimum Gasteiger partial charge on any atom is -0.496 e. The topological polar surface area (TPSA) is 59.6 Å². The molecule has 1 rings (SSSR count). The molecule has 0 heterocycles. The van der Waals surface area contributed by atoms with Crippen LogP contribution in [-0.4, -0.2) is 32.8 Å². The summed E-state index contributed by atoms with van der Waals surface area (Å²) in [6, 6.07) is 2.89. The van der Waals surface area contributed by atoms with E-state index in [4.69, 9.17) is 15.0 Å². The molecule has 112 valence electrons. The van der Waals surface area contributed by atoms with Crippen LogP contribution in [0.5, 0.6) is 11.5 Å². The molecule has 0 bridgehead atoms. The third kappa shape index (κ3) is 5.02. The quantitative estimate of drug-likeness (QED) is 0.740. The SMILES string of the molecule is [2H]C([2H])(NC(C)NC(C)=O)C([2H])([2H])c1cc(OC)c(Br)cc1OC. The highest BCUT2D eigenvalue weighted by Crippen LogP contribution is 2.32. The molecule has 6 heteroatoms. The van der Waals surface area contributed by atoms with Gasteiger partial charge in [0.2, 0.25) is 5.91 Å². The van der Waals surface area contributed by atoms with Gasteiger partial charge in [-0.3, -0.25) is 10.1 Å². The van der Waals surface area contributed by atoms with Crippen molar-refractivity contribution in [2.75, 3.05) is 20.7 Å². The number of carbonyl (C=O) groups is 1. The largest absolute Gasteiger partial charge is 0.496 e. The molecule has 0 aliphatic carbocycles. The van der Waals surface area contributed by atoms with E-state index >= 15 is 0 Å². The Hall–Kier alpha value is -1.27. The molecule has 0 fully saturated rings. The molecule has 2 N–H and O–H groups in total. The monoisotopic (exact) mass is 348 g/mol. The molecule has 0 aliphatic rings.